The van der Waals surface area contributed by atoms with Gasteiger partial charge in [-0.25, -0.2) is 0 Å². The summed E-state index contributed by atoms with van der Waals surface area (Å²) in [6.07, 6.45) is 4.49. The molecule has 0 aromatic carbocycles. The molecule has 2 rings (SSSR count). The van der Waals surface area contributed by atoms with E-state index in [0.717, 1.165) is 19.3 Å². The summed E-state index contributed by atoms with van der Waals surface area (Å²) in [5.41, 5.74) is 0. The maximum absolute atomic E-state index is 10.3. The number of aldehydes is 1. The van der Waals surface area contributed by atoms with E-state index < -0.39 is 0 Å². The average molecular weight is 209 g/mol. The quantitative estimate of drug-likeness (QED) is 0.694. The summed E-state index contributed by atoms with van der Waals surface area (Å²) in [5.74, 6) is 1.13. The molecule has 5 heteroatoms. The number of rotatable bonds is 3. The van der Waals surface area contributed by atoms with E-state index in [1.165, 1.54) is 12.8 Å². The zero-order chi connectivity index (χ0) is 10.7. The van der Waals surface area contributed by atoms with Gasteiger partial charge in [0.05, 0.1) is 12.5 Å². The number of piperidine rings is 1. The Morgan fingerprint density at radius 1 is 1.60 bits per heavy atom. The van der Waals surface area contributed by atoms with Crippen molar-refractivity contribution in [3.8, 4) is 0 Å². The number of aromatic nitrogens is 2. The molecule has 1 saturated heterocycles. The molecule has 0 radical (unpaired) electrons. The van der Waals surface area contributed by atoms with Gasteiger partial charge in [-0.05, 0) is 26.4 Å². The first kappa shape index (κ1) is 10.3. The third-order valence-electron chi connectivity index (χ3n) is 2.81. The molecule has 5 nitrogen and oxygen atoms in total. The lowest BCUT2D eigenvalue weighted by Crippen LogP contribution is -2.30. The van der Waals surface area contributed by atoms with E-state index in [9.17, 15) is 4.79 Å². The fourth-order valence-electron chi connectivity index (χ4n) is 1.96. The molecule has 0 bridgehead atoms. The van der Waals surface area contributed by atoms with Crippen LogP contribution in [0.4, 0.5) is 0 Å². The van der Waals surface area contributed by atoms with Gasteiger partial charge in [0.15, 0.2) is 5.82 Å². The summed E-state index contributed by atoms with van der Waals surface area (Å²) < 4.78 is 4.99. The van der Waals surface area contributed by atoms with Gasteiger partial charge in [0, 0.05) is 0 Å². The number of carbonyl (C=O) groups is 1. The van der Waals surface area contributed by atoms with Gasteiger partial charge in [-0.1, -0.05) is 11.6 Å². The highest BCUT2D eigenvalue weighted by molar-refractivity contribution is 5.52. The first-order chi connectivity index (χ1) is 7.31. The van der Waals surface area contributed by atoms with Gasteiger partial charge in [0.2, 0.25) is 5.89 Å². The molecule has 1 aromatic rings. The normalized spacial score (nSPS) is 22.9. The van der Waals surface area contributed by atoms with Gasteiger partial charge in [-0.15, -0.1) is 0 Å². The average Bonchev–Trinajstić information content (AvgIpc) is 2.68. The first-order valence-electron chi connectivity index (χ1n) is 5.27. The highest BCUT2D eigenvalue weighted by atomic mass is 16.5. The lowest BCUT2D eigenvalue weighted by molar-refractivity contribution is -0.107. The van der Waals surface area contributed by atoms with Crippen LogP contribution < -0.4 is 0 Å². The van der Waals surface area contributed by atoms with Crippen LogP contribution in [0.3, 0.4) is 0 Å². The number of likely N-dealkylation sites (tertiary alicyclic amines) is 1. The Labute approximate surface area is 88.5 Å². The van der Waals surface area contributed by atoms with Crippen LogP contribution in [0, 0.1) is 0 Å². The topological polar surface area (TPSA) is 59.2 Å². The van der Waals surface area contributed by atoms with Gasteiger partial charge in [-0.3, -0.25) is 4.90 Å². The molecule has 0 saturated carbocycles. The van der Waals surface area contributed by atoms with E-state index in [2.05, 4.69) is 22.1 Å². The van der Waals surface area contributed by atoms with Gasteiger partial charge in [-0.2, -0.15) is 4.98 Å². The van der Waals surface area contributed by atoms with Gasteiger partial charge in [0.1, 0.15) is 6.29 Å². The standard InChI is InChI=1S/C10H15N3O2/c1-13-6-3-2-4-8(13)10-11-9(5-7-14)15-12-10/h7-8H,2-6H2,1H3. The summed E-state index contributed by atoms with van der Waals surface area (Å²) in [7, 11) is 2.07. The highest BCUT2D eigenvalue weighted by Gasteiger charge is 2.25. The van der Waals surface area contributed by atoms with Crippen molar-refractivity contribution in [2.75, 3.05) is 13.6 Å². The lowest BCUT2D eigenvalue weighted by atomic mass is 10.0. The third-order valence-corrected chi connectivity index (χ3v) is 2.81. The Morgan fingerprint density at radius 2 is 2.47 bits per heavy atom. The summed E-state index contributed by atoms with van der Waals surface area (Å²) in [6.45, 7) is 1.07. The van der Waals surface area contributed by atoms with E-state index in [4.69, 9.17) is 4.52 Å². The fourth-order valence-corrected chi connectivity index (χ4v) is 1.96. The Hall–Kier alpha value is -1.23. The van der Waals surface area contributed by atoms with Gasteiger partial charge in [0.25, 0.3) is 0 Å². The van der Waals surface area contributed by atoms with Crippen LogP contribution in [-0.2, 0) is 11.2 Å². The summed E-state index contributed by atoms with van der Waals surface area (Å²) in [6, 6.07) is 0.253. The number of hydrogen-bond acceptors (Lipinski definition) is 5. The molecule has 0 aliphatic carbocycles. The Balaban J connectivity index is 2.09. The Bertz CT molecular complexity index is 337. The molecule has 1 unspecified atom stereocenters. The smallest absolute Gasteiger partial charge is 0.233 e. The molecule has 1 fully saturated rings. The van der Waals surface area contributed by atoms with Crippen LogP contribution in [0.2, 0.25) is 0 Å². The monoisotopic (exact) mass is 209 g/mol. The number of nitrogens with zero attached hydrogens (tertiary/aromatic N) is 3. The SMILES string of the molecule is CN1CCCCC1c1noc(CC=O)n1. The van der Waals surface area contributed by atoms with Crippen LogP contribution in [0.1, 0.15) is 37.0 Å². The van der Waals surface area contributed by atoms with Crippen molar-refractivity contribution in [2.24, 2.45) is 0 Å². The lowest BCUT2D eigenvalue weighted by Gasteiger charge is -2.29. The molecule has 1 atom stereocenters. The molecule has 15 heavy (non-hydrogen) atoms. The number of hydrogen-bond donors (Lipinski definition) is 0. The van der Waals surface area contributed by atoms with E-state index in [1.807, 2.05) is 0 Å². The van der Waals surface area contributed by atoms with Crippen molar-refractivity contribution in [1.29, 1.82) is 0 Å². The Morgan fingerprint density at radius 3 is 3.20 bits per heavy atom. The maximum atomic E-state index is 10.3. The predicted octanol–water partition coefficient (Wildman–Crippen LogP) is 0.968. The highest BCUT2D eigenvalue weighted by Crippen LogP contribution is 2.27. The van der Waals surface area contributed by atoms with Crippen LogP contribution in [-0.4, -0.2) is 34.9 Å². The molecule has 2 heterocycles. The van der Waals surface area contributed by atoms with Crippen LogP contribution >= 0.6 is 0 Å². The minimum Gasteiger partial charge on any atom is -0.339 e. The van der Waals surface area contributed by atoms with E-state index in [-0.39, 0.29) is 12.5 Å². The molecular weight excluding hydrogens is 194 g/mol. The minimum absolute atomic E-state index is 0.212. The summed E-state index contributed by atoms with van der Waals surface area (Å²) in [5, 5.41) is 3.92. The van der Waals surface area contributed by atoms with E-state index >= 15 is 0 Å². The second-order valence-electron chi connectivity index (χ2n) is 3.91. The third kappa shape index (κ3) is 2.23. The molecule has 1 aliphatic heterocycles. The predicted molar refractivity (Wildman–Crippen MR) is 53.3 cm³/mol. The molecule has 0 spiro atoms. The summed E-state index contributed by atoms with van der Waals surface area (Å²) >= 11 is 0. The number of carbonyl (C=O) groups excluding carboxylic acids is 1. The molecular formula is C10H15N3O2. The maximum Gasteiger partial charge on any atom is 0.233 e. The van der Waals surface area contributed by atoms with Crippen molar-refractivity contribution >= 4 is 6.29 Å². The molecule has 0 amide bonds. The first-order valence-corrected chi connectivity index (χ1v) is 5.27. The van der Waals surface area contributed by atoms with Crippen molar-refractivity contribution in [1.82, 2.24) is 15.0 Å². The van der Waals surface area contributed by atoms with Crippen LogP contribution in [0.5, 0.6) is 0 Å². The van der Waals surface area contributed by atoms with Crippen molar-refractivity contribution in [3.05, 3.63) is 11.7 Å². The van der Waals surface area contributed by atoms with Crippen molar-refractivity contribution in [2.45, 2.75) is 31.7 Å². The summed E-state index contributed by atoms with van der Waals surface area (Å²) in [4.78, 5) is 16.7. The molecule has 0 N–H and O–H groups in total. The second-order valence-corrected chi connectivity index (χ2v) is 3.91. The minimum atomic E-state index is 0.212. The van der Waals surface area contributed by atoms with Crippen molar-refractivity contribution in [3.63, 3.8) is 0 Å². The van der Waals surface area contributed by atoms with Gasteiger partial charge >= 0.3 is 0 Å². The molecule has 1 aliphatic rings. The van der Waals surface area contributed by atoms with Crippen LogP contribution in [0.25, 0.3) is 0 Å². The van der Waals surface area contributed by atoms with E-state index in [0.29, 0.717) is 11.7 Å². The molecule has 82 valence electrons. The largest absolute Gasteiger partial charge is 0.339 e. The van der Waals surface area contributed by atoms with Crippen LogP contribution in [0.15, 0.2) is 4.52 Å². The van der Waals surface area contributed by atoms with Crippen molar-refractivity contribution < 1.29 is 9.32 Å². The molecule has 1 aromatic heterocycles. The zero-order valence-corrected chi connectivity index (χ0v) is 8.85. The Kier molecular flexibility index (Phi) is 3.11. The van der Waals surface area contributed by atoms with E-state index in [1.54, 1.807) is 0 Å². The van der Waals surface area contributed by atoms with Gasteiger partial charge < -0.3 is 9.32 Å². The second kappa shape index (κ2) is 4.53. The zero-order valence-electron chi connectivity index (χ0n) is 8.85. The fraction of sp³-hybridized carbons (Fsp3) is 0.700.